The van der Waals surface area contributed by atoms with Crippen molar-refractivity contribution in [2.24, 2.45) is 0 Å². The van der Waals surface area contributed by atoms with Crippen LogP contribution in [0.2, 0.25) is 0 Å². The van der Waals surface area contributed by atoms with Gasteiger partial charge in [0.25, 0.3) is 0 Å². The van der Waals surface area contributed by atoms with Crippen LogP contribution >= 0.6 is 0 Å². The Morgan fingerprint density at radius 1 is 0.469 bits per heavy atom. The zero-order valence-electron chi connectivity index (χ0n) is 39.6. The van der Waals surface area contributed by atoms with Crippen LogP contribution in [-0.4, -0.2) is 0 Å². The first-order chi connectivity index (χ1) is 31.4. The van der Waals surface area contributed by atoms with E-state index in [1.807, 2.05) is 78.8 Å². The Morgan fingerprint density at radius 3 is 1.56 bits per heavy atom. The molecule has 0 atom stereocenters. The molecule has 1 heteroatoms. The van der Waals surface area contributed by atoms with E-state index < -0.39 is 0 Å². The number of furan rings is 1. The van der Waals surface area contributed by atoms with Crippen LogP contribution in [0.4, 0.5) is 0 Å². The van der Waals surface area contributed by atoms with Crippen LogP contribution < -0.4 is 0 Å². The number of allylic oxidation sites excluding steroid dienone is 4. The van der Waals surface area contributed by atoms with Crippen molar-refractivity contribution in [1.82, 2.24) is 0 Å². The van der Waals surface area contributed by atoms with Gasteiger partial charge >= 0.3 is 0 Å². The fourth-order valence-corrected chi connectivity index (χ4v) is 8.07. The Balaban J connectivity index is 0.000000309. The molecule has 10 rings (SSSR count). The second kappa shape index (κ2) is 24.0. The van der Waals surface area contributed by atoms with Crippen LogP contribution in [0.25, 0.3) is 87.6 Å². The highest BCUT2D eigenvalue weighted by Crippen LogP contribution is 2.43. The van der Waals surface area contributed by atoms with Crippen molar-refractivity contribution in [1.29, 1.82) is 0 Å². The molecule has 0 aliphatic carbocycles. The van der Waals surface area contributed by atoms with Crippen LogP contribution in [-0.2, 0) is 12.8 Å². The van der Waals surface area contributed by atoms with Crippen LogP contribution in [0.5, 0.6) is 0 Å². The Labute approximate surface area is 383 Å². The van der Waals surface area contributed by atoms with Gasteiger partial charge in [-0.25, -0.2) is 0 Å². The van der Waals surface area contributed by atoms with Crippen molar-refractivity contribution in [3.8, 4) is 33.4 Å². The molecule has 9 aromatic carbocycles. The van der Waals surface area contributed by atoms with Gasteiger partial charge in [-0.15, -0.1) is 13.2 Å². The Bertz CT molecular complexity index is 3060. The topological polar surface area (TPSA) is 13.1 Å². The van der Waals surface area contributed by atoms with Crippen LogP contribution in [0.1, 0.15) is 72.1 Å². The molecule has 1 nitrogen and oxygen atoms in total. The van der Waals surface area contributed by atoms with Crippen molar-refractivity contribution >= 4 is 54.3 Å². The molecule has 0 radical (unpaired) electrons. The van der Waals surface area contributed by atoms with Crippen molar-refractivity contribution in [3.63, 3.8) is 0 Å². The fourth-order valence-electron chi connectivity index (χ4n) is 8.07. The van der Waals surface area contributed by atoms with E-state index in [9.17, 15) is 0 Å². The number of rotatable bonds is 6. The third-order valence-corrected chi connectivity index (χ3v) is 11.0. The third-order valence-electron chi connectivity index (χ3n) is 11.0. The predicted molar refractivity (Wildman–Crippen MR) is 287 cm³/mol. The van der Waals surface area contributed by atoms with Crippen molar-refractivity contribution in [3.05, 3.63) is 218 Å². The van der Waals surface area contributed by atoms with E-state index in [4.69, 9.17) is 4.42 Å². The Hall–Kier alpha value is -6.96. The Kier molecular flexibility index (Phi) is 18.1. The molecule has 10 aromatic rings. The molecular weight excluding hydrogens is 773 g/mol. The van der Waals surface area contributed by atoms with Gasteiger partial charge in [-0.2, -0.15) is 0 Å². The number of aryl methyl sites for hydroxylation is 2. The first-order valence-electron chi connectivity index (χ1n) is 23.0. The second-order valence-corrected chi connectivity index (χ2v) is 15.1. The van der Waals surface area contributed by atoms with Gasteiger partial charge in [-0.3, -0.25) is 0 Å². The van der Waals surface area contributed by atoms with Crippen LogP contribution in [0.15, 0.2) is 206 Å². The smallest absolute Gasteiger partial charge is 0.143 e. The largest absolute Gasteiger partial charge is 0.455 e. The minimum absolute atomic E-state index is 0.927. The molecular formula is C63H66O. The van der Waals surface area contributed by atoms with Gasteiger partial charge in [0.15, 0.2) is 0 Å². The molecule has 0 N–H and O–H groups in total. The highest BCUT2D eigenvalue weighted by molar-refractivity contribution is 6.27. The lowest BCUT2D eigenvalue weighted by molar-refractivity contribution is 0.670. The van der Waals surface area contributed by atoms with Gasteiger partial charge in [-0.1, -0.05) is 222 Å². The van der Waals surface area contributed by atoms with Crippen LogP contribution in [0.3, 0.4) is 0 Å². The maximum absolute atomic E-state index is 6.33. The first-order valence-corrected chi connectivity index (χ1v) is 23.0. The van der Waals surface area contributed by atoms with Gasteiger partial charge in [0.05, 0.1) is 0 Å². The third kappa shape index (κ3) is 10.8. The maximum Gasteiger partial charge on any atom is 0.143 e. The van der Waals surface area contributed by atoms with Gasteiger partial charge in [0.2, 0.25) is 0 Å². The zero-order chi connectivity index (χ0) is 46.0. The predicted octanol–water partition coefficient (Wildman–Crippen LogP) is 19.6. The quantitative estimate of drug-likeness (QED) is 0.120. The second-order valence-electron chi connectivity index (χ2n) is 15.1. The molecule has 0 fully saturated rings. The van der Waals surface area contributed by atoms with E-state index in [0.29, 0.717) is 0 Å². The van der Waals surface area contributed by atoms with Gasteiger partial charge < -0.3 is 4.42 Å². The normalized spacial score (nSPS) is 10.5. The van der Waals surface area contributed by atoms with E-state index >= 15 is 0 Å². The molecule has 0 spiro atoms. The highest BCUT2D eigenvalue weighted by Gasteiger charge is 2.16. The van der Waals surface area contributed by atoms with E-state index in [2.05, 4.69) is 179 Å². The molecule has 324 valence electrons. The Morgan fingerprint density at radius 2 is 0.984 bits per heavy atom. The number of fused-ring (bicyclic) bond motifs is 3. The van der Waals surface area contributed by atoms with E-state index in [1.165, 1.54) is 71.3 Å². The van der Waals surface area contributed by atoms with Crippen molar-refractivity contribution in [2.45, 2.75) is 75.2 Å². The molecule has 0 aliphatic rings. The molecule has 1 heterocycles. The molecule has 0 bridgehead atoms. The van der Waals surface area contributed by atoms with Crippen molar-refractivity contribution < 1.29 is 4.42 Å². The summed E-state index contributed by atoms with van der Waals surface area (Å²) in [5.41, 5.74) is 13.2. The molecule has 0 saturated heterocycles. The molecule has 64 heavy (non-hydrogen) atoms. The average Bonchev–Trinajstić information content (AvgIpc) is 3.74. The summed E-state index contributed by atoms with van der Waals surface area (Å²) in [6.45, 7) is 25.3. The van der Waals surface area contributed by atoms with Gasteiger partial charge in [0, 0.05) is 16.3 Å². The monoisotopic (exact) mass is 839 g/mol. The number of para-hydroxylation sites is 2. The summed E-state index contributed by atoms with van der Waals surface area (Å²) >= 11 is 0. The SMILES string of the molecule is C/C=C\C.C=CC.C=CCc1cccc(C)c1.CC.CC.CCc1cccc(-c2ccc3ccc4c(-c5ccc(-c6cccc7c6oc6ccccc67)cc5)ccc5ccc2c3c54)c1. The highest BCUT2D eigenvalue weighted by atomic mass is 16.3. The minimum Gasteiger partial charge on any atom is -0.455 e. The summed E-state index contributed by atoms with van der Waals surface area (Å²) in [5.74, 6) is 0. The minimum atomic E-state index is 0.927. The van der Waals surface area contributed by atoms with E-state index in [-0.39, 0.29) is 0 Å². The lowest BCUT2D eigenvalue weighted by Gasteiger charge is -2.17. The summed E-state index contributed by atoms with van der Waals surface area (Å²) in [7, 11) is 0. The fraction of sp³-hybridized carbons (Fsp3) is 0.175. The summed E-state index contributed by atoms with van der Waals surface area (Å²) in [6.07, 6.45) is 9.69. The van der Waals surface area contributed by atoms with Crippen LogP contribution in [0, 0.1) is 6.92 Å². The molecule has 0 aliphatic heterocycles. The average molecular weight is 839 g/mol. The van der Waals surface area contributed by atoms with Crippen molar-refractivity contribution in [2.75, 3.05) is 0 Å². The van der Waals surface area contributed by atoms with E-state index in [0.717, 1.165) is 45.9 Å². The summed E-state index contributed by atoms with van der Waals surface area (Å²) in [6, 6.07) is 59.5. The summed E-state index contributed by atoms with van der Waals surface area (Å²) in [4.78, 5) is 0. The lowest BCUT2D eigenvalue weighted by atomic mass is 9.87. The molecule has 0 unspecified atom stereocenters. The lowest BCUT2D eigenvalue weighted by Crippen LogP contribution is -1.90. The molecule has 1 aromatic heterocycles. The van der Waals surface area contributed by atoms with Gasteiger partial charge in [0.1, 0.15) is 11.2 Å². The number of hydrogen-bond acceptors (Lipinski definition) is 1. The standard InChI is InChI=1S/C42H28O.C10H12.C4H8.C3H6.2C2H6/c1-2-26-7-5-8-31(25-26)33-22-18-30-19-23-36-32(21-17-29-20-24-37(33)41(30)40(29)36)27-13-15-28(16-14-27)34-10-6-11-38-35-9-3-4-12-39(35)43-42(34)38;1-3-5-10-7-4-6-9(2)8-10;1-3-4-2;1-3-2;2*1-2/h3-25H,2H2,1H3;3-4,6-8H,1,5H2,2H3;3-4H,1-2H3;3H,1H2,2H3;2*1-2H3/b;;4-3-;;;. The van der Waals surface area contributed by atoms with Gasteiger partial charge in [-0.05, 0) is 118 Å². The zero-order valence-corrected chi connectivity index (χ0v) is 39.6. The number of hydrogen-bond donors (Lipinski definition) is 0. The summed E-state index contributed by atoms with van der Waals surface area (Å²) in [5, 5.41) is 10.2. The summed E-state index contributed by atoms with van der Waals surface area (Å²) < 4.78 is 6.33. The number of benzene rings is 9. The molecule has 0 amide bonds. The van der Waals surface area contributed by atoms with E-state index in [1.54, 1.807) is 6.08 Å². The molecule has 0 saturated carbocycles. The first kappa shape index (κ1) is 48.1. The maximum atomic E-state index is 6.33.